The summed E-state index contributed by atoms with van der Waals surface area (Å²) in [6.07, 6.45) is 0. The van der Waals surface area contributed by atoms with Crippen LogP contribution in [-0.4, -0.2) is 15.0 Å². The van der Waals surface area contributed by atoms with Crippen LogP contribution in [0.2, 0.25) is 0 Å². The minimum atomic E-state index is 0.470. The van der Waals surface area contributed by atoms with Crippen LogP contribution in [0.3, 0.4) is 0 Å². The molecule has 0 spiro atoms. The standard InChI is InChI=1S/C8H13NO.2C8H13NS/c2*1-5(2)8-6(3)10-7(4)9-8;1-5(2)8-9-6(3)7(4)10-8/h3*5H,1-4H3. The molecule has 0 radical (unpaired) electrons. The molecule has 6 heteroatoms. The minimum Gasteiger partial charge on any atom is -0.446 e. The second-order valence-corrected chi connectivity index (χ2v) is 11.1. The monoisotopic (exact) mass is 449 g/mol. The molecular formula is C24H39N3OS2. The second-order valence-electron chi connectivity index (χ2n) is 8.51. The average Bonchev–Trinajstić information content (AvgIpc) is 3.26. The van der Waals surface area contributed by atoms with Crippen molar-refractivity contribution in [3.8, 4) is 0 Å². The Labute approximate surface area is 191 Å². The molecule has 168 valence electrons. The van der Waals surface area contributed by atoms with Gasteiger partial charge in [-0.3, -0.25) is 0 Å². The van der Waals surface area contributed by atoms with Crippen LogP contribution in [0.1, 0.15) is 108 Å². The quantitative estimate of drug-likeness (QED) is 0.404. The van der Waals surface area contributed by atoms with E-state index in [0.717, 1.165) is 17.3 Å². The molecule has 0 aliphatic heterocycles. The second kappa shape index (κ2) is 11.8. The molecule has 30 heavy (non-hydrogen) atoms. The van der Waals surface area contributed by atoms with Crippen LogP contribution < -0.4 is 0 Å². The van der Waals surface area contributed by atoms with Gasteiger partial charge in [-0.2, -0.15) is 0 Å². The third-order valence-electron chi connectivity index (χ3n) is 4.51. The Morgan fingerprint density at radius 3 is 1.40 bits per heavy atom. The minimum absolute atomic E-state index is 0.470. The van der Waals surface area contributed by atoms with Crippen LogP contribution >= 0.6 is 22.7 Å². The van der Waals surface area contributed by atoms with Crippen LogP contribution in [0, 0.1) is 41.5 Å². The lowest BCUT2D eigenvalue weighted by molar-refractivity contribution is 0.492. The molecule has 3 heterocycles. The highest BCUT2D eigenvalue weighted by molar-refractivity contribution is 7.12. The van der Waals surface area contributed by atoms with Gasteiger partial charge in [0.2, 0.25) is 0 Å². The summed E-state index contributed by atoms with van der Waals surface area (Å²) in [5.41, 5.74) is 3.54. The molecule has 0 N–H and O–H groups in total. The Bertz CT molecular complexity index is 847. The van der Waals surface area contributed by atoms with E-state index in [1.54, 1.807) is 11.3 Å². The highest BCUT2D eigenvalue weighted by Gasteiger charge is 2.09. The van der Waals surface area contributed by atoms with Crippen LogP contribution in [0.25, 0.3) is 0 Å². The van der Waals surface area contributed by atoms with Crippen LogP contribution in [0.5, 0.6) is 0 Å². The van der Waals surface area contributed by atoms with Crippen molar-refractivity contribution in [3.63, 3.8) is 0 Å². The van der Waals surface area contributed by atoms with Gasteiger partial charge in [0.05, 0.1) is 27.1 Å². The summed E-state index contributed by atoms with van der Waals surface area (Å²) in [4.78, 5) is 15.8. The lowest BCUT2D eigenvalue weighted by atomic mass is 10.1. The van der Waals surface area contributed by atoms with E-state index < -0.39 is 0 Å². The molecule has 3 aromatic heterocycles. The van der Waals surface area contributed by atoms with Gasteiger partial charge < -0.3 is 4.42 Å². The zero-order valence-corrected chi connectivity index (χ0v) is 22.4. The number of oxazole rings is 1. The first-order valence-corrected chi connectivity index (χ1v) is 12.3. The summed E-state index contributed by atoms with van der Waals surface area (Å²) >= 11 is 3.60. The Balaban J connectivity index is 0.000000225. The first-order valence-electron chi connectivity index (χ1n) is 10.6. The van der Waals surface area contributed by atoms with E-state index in [2.05, 4.69) is 84.2 Å². The summed E-state index contributed by atoms with van der Waals surface area (Å²) in [5, 5.41) is 2.44. The molecule has 0 bridgehead atoms. The lowest BCUT2D eigenvalue weighted by Gasteiger charge is -1.99. The first kappa shape index (κ1) is 26.5. The van der Waals surface area contributed by atoms with Gasteiger partial charge in [-0.25, -0.2) is 15.0 Å². The number of aryl methyl sites for hydroxylation is 6. The molecule has 0 aromatic carbocycles. The molecule has 0 aliphatic carbocycles. The Hall–Kier alpha value is -1.53. The zero-order chi connectivity index (χ0) is 23.2. The molecule has 0 saturated carbocycles. The van der Waals surface area contributed by atoms with Crippen molar-refractivity contribution in [2.75, 3.05) is 0 Å². The number of rotatable bonds is 3. The van der Waals surface area contributed by atoms with E-state index in [1.165, 1.54) is 31.2 Å². The summed E-state index contributed by atoms with van der Waals surface area (Å²) in [7, 11) is 0. The smallest absolute Gasteiger partial charge is 0.191 e. The fraction of sp³-hybridized carbons (Fsp3) is 0.625. The number of nitrogens with zero attached hydrogens (tertiary/aromatic N) is 3. The molecule has 0 saturated heterocycles. The highest BCUT2D eigenvalue weighted by Crippen LogP contribution is 2.24. The van der Waals surface area contributed by atoms with E-state index in [1.807, 2.05) is 25.2 Å². The summed E-state index contributed by atoms with van der Waals surface area (Å²) in [5.74, 6) is 3.34. The number of thiazole rings is 2. The maximum atomic E-state index is 5.26. The molecule has 3 aromatic rings. The van der Waals surface area contributed by atoms with Crippen molar-refractivity contribution in [1.29, 1.82) is 0 Å². The van der Waals surface area contributed by atoms with Gasteiger partial charge in [0.25, 0.3) is 0 Å². The normalized spacial score (nSPS) is 10.9. The number of aromatic nitrogens is 3. The number of hydrogen-bond acceptors (Lipinski definition) is 6. The van der Waals surface area contributed by atoms with Crippen molar-refractivity contribution in [1.82, 2.24) is 15.0 Å². The van der Waals surface area contributed by atoms with E-state index in [9.17, 15) is 0 Å². The lowest BCUT2D eigenvalue weighted by Crippen LogP contribution is -1.89. The van der Waals surface area contributed by atoms with Crippen molar-refractivity contribution >= 4 is 22.7 Å². The Morgan fingerprint density at radius 1 is 0.633 bits per heavy atom. The van der Waals surface area contributed by atoms with Gasteiger partial charge in [-0.15, -0.1) is 22.7 Å². The molecule has 0 atom stereocenters. The highest BCUT2D eigenvalue weighted by atomic mass is 32.1. The van der Waals surface area contributed by atoms with Crippen molar-refractivity contribution in [2.24, 2.45) is 0 Å². The summed E-state index contributed by atoms with van der Waals surface area (Å²) < 4.78 is 5.26. The maximum Gasteiger partial charge on any atom is 0.191 e. The van der Waals surface area contributed by atoms with Crippen LogP contribution in [0.15, 0.2) is 4.42 Å². The predicted molar refractivity (Wildman–Crippen MR) is 131 cm³/mol. The summed E-state index contributed by atoms with van der Waals surface area (Å²) in [6, 6.07) is 0. The molecule has 0 unspecified atom stereocenters. The van der Waals surface area contributed by atoms with Gasteiger partial charge in [-0.05, 0) is 46.5 Å². The third-order valence-corrected chi connectivity index (χ3v) is 6.79. The van der Waals surface area contributed by atoms with Crippen molar-refractivity contribution < 1.29 is 4.42 Å². The van der Waals surface area contributed by atoms with Crippen LogP contribution in [-0.2, 0) is 0 Å². The van der Waals surface area contributed by atoms with Gasteiger partial charge in [0, 0.05) is 22.6 Å². The maximum absolute atomic E-state index is 5.26. The van der Waals surface area contributed by atoms with E-state index >= 15 is 0 Å². The zero-order valence-electron chi connectivity index (χ0n) is 20.8. The fourth-order valence-electron chi connectivity index (χ4n) is 2.91. The molecule has 0 fully saturated rings. The van der Waals surface area contributed by atoms with Crippen LogP contribution in [0.4, 0.5) is 0 Å². The molecule has 0 aliphatic rings. The predicted octanol–water partition coefficient (Wildman–Crippen LogP) is 8.18. The number of hydrogen-bond donors (Lipinski definition) is 0. The van der Waals surface area contributed by atoms with E-state index in [0.29, 0.717) is 17.8 Å². The Morgan fingerprint density at radius 2 is 1.20 bits per heavy atom. The third kappa shape index (κ3) is 7.95. The van der Waals surface area contributed by atoms with E-state index in [4.69, 9.17) is 4.42 Å². The molecular weight excluding hydrogens is 410 g/mol. The topological polar surface area (TPSA) is 51.8 Å². The van der Waals surface area contributed by atoms with Gasteiger partial charge in [-0.1, -0.05) is 41.5 Å². The van der Waals surface area contributed by atoms with Gasteiger partial charge in [0.1, 0.15) is 5.76 Å². The van der Waals surface area contributed by atoms with Gasteiger partial charge >= 0.3 is 0 Å². The first-order chi connectivity index (χ1) is 13.8. The van der Waals surface area contributed by atoms with Gasteiger partial charge in [0.15, 0.2) is 5.89 Å². The largest absolute Gasteiger partial charge is 0.446 e. The average molecular weight is 450 g/mol. The molecule has 3 rings (SSSR count). The SMILES string of the molecule is Cc1nc(C(C)C)c(C)o1.Cc1nc(C(C)C)c(C)s1.Cc1nc(C(C)C)sc1C. The molecule has 4 nitrogen and oxygen atoms in total. The van der Waals surface area contributed by atoms with Crippen molar-refractivity contribution in [2.45, 2.75) is 101 Å². The fourth-order valence-corrected chi connectivity index (χ4v) is 4.80. The Kier molecular flexibility index (Phi) is 10.4. The summed E-state index contributed by atoms with van der Waals surface area (Å²) in [6.45, 7) is 25.2. The molecule has 0 amide bonds. The van der Waals surface area contributed by atoms with E-state index in [-0.39, 0.29) is 0 Å². The van der Waals surface area contributed by atoms with Crippen molar-refractivity contribution in [3.05, 3.63) is 48.5 Å².